The van der Waals surface area contributed by atoms with E-state index in [0.717, 1.165) is 28.7 Å². The molecule has 2 aliphatic carbocycles. The van der Waals surface area contributed by atoms with E-state index in [-0.39, 0.29) is 5.91 Å². The van der Waals surface area contributed by atoms with Crippen molar-refractivity contribution in [3.63, 3.8) is 0 Å². The molecule has 23 heavy (non-hydrogen) atoms. The van der Waals surface area contributed by atoms with Crippen LogP contribution >= 0.6 is 27.3 Å². The Morgan fingerprint density at radius 1 is 1.43 bits per heavy atom. The van der Waals surface area contributed by atoms with Crippen LogP contribution in [-0.4, -0.2) is 29.9 Å². The number of carbonyl (C=O) groups excluding carboxylic acids is 1. The maximum Gasteiger partial charge on any atom is 0.234 e. The van der Waals surface area contributed by atoms with Gasteiger partial charge in [0.05, 0.1) is 10.3 Å². The van der Waals surface area contributed by atoms with E-state index in [1.165, 1.54) is 30.6 Å². The molecule has 2 fully saturated rings. The molecule has 128 valence electrons. The lowest BCUT2D eigenvalue weighted by molar-refractivity contribution is -0.123. The fourth-order valence-corrected chi connectivity index (χ4v) is 5.98. The van der Waals surface area contributed by atoms with Crippen molar-refractivity contribution in [1.29, 1.82) is 0 Å². The van der Waals surface area contributed by atoms with E-state index >= 15 is 0 Å². The molecule has 4 atom stereocenters. The van der Waals surface area contributed by atoms with E-state index in [4.69, 9.17) is 0 Å². The summed E-state index contributed by atoms with van der Waals surface area (Å²) in [5.41, 5.74) is 0. The number of nitrogens with zero attached hydrogens (tertiary/aromatic N) is 1. The fraction of sp³-hybridized carbons (Fsp3) is 0.722. The van der Waals surface area contributed by atoms with Gasteiger partial charge in [-0.1, -0.05) is 13.3 Å². The summed E-state index contributed by atoms with van der Waals surface area (Å²) < 4.78 is 1.15. The van der Waals surface area contributed by atoms with Crippen molar-refractivity contribution in [2.24, 2.45) is 17.8 Å². The van der Waals surface area contributed by atoms with E-state index in [2.05, 4.69) is 52.1 Å². The van der Waals surface area contributed by atoms with Crippen LogP contribution in [0.15, 0.2) is 15.9 Å². The summed E-state index contributed by atoms with van der Waals surface area (Å²) in [6.45, 7) is 6.57. The Kier molecular flexibility index (Phi) is 5.81. The number of amides is 1. The van der Waals surface area contributed by atoms with Gasteiger partial charge in [-0.15, -0.1) is 11.3 Å². The number of thiophene rings is 1. The third kappa shape index (κ3) is 4.37. The predicted octanol–water partition coefficient (Wildman–Crippen LogP) is 4.27. The van der Waals surface area contributed by atoms with Crippen LogP contribution in [-0.2, 0) is 11.3 Å². The number of fused-ring (bicyclic) bond motifs is 2. The average molecular weight is 399 g/mol. The van der Waals surface area contributed by atoms with Gasteiger partial charge in [0.15, 0.2) is 0 Å². The third-order valence-corrected chi connectivity index (χ3v) is 7.25. The number of halogens is 1. The molecule has 0 radical (unpaired) electrons. The van der Waals surface area contributed by atoms with Crippen molar-refractivity contribution in [1.82, 2.24) is 10.2 Å². The van der Waals surface area contributed by atoms with Gasteiger partial charge in [0, 0.05) is 17.5 Å². The van der Waals surface area contributed by atoms with Crippen molar-refractivity contribution in [3.05, 3.63) is 20.8 Å². The maximum atomic E-state index is 12.4. The molecule has 0 aromatic carbocycles. The molecule has 2 bridgehead atoms. The maximum absolute atomic E-state index is 12.4. The minimum absolute atomic E-state index is 0.178. The number of hydrogen-bond donors (Lipinski definition) is 1. The van der Waals surface area contributed by atoms with Crippen molar-refractivity contribution >= 4 is 33.2 Å². The monoisotopic (exact) mass is 398 g/mol. The number of likely N-dealkylation sites (N-methyl/N-ethyl adjacent to an activating group) is 1. The summed E-state index contributed by atoms with van der Waals surface area (Å²) in [5, 5.41) is 3.28. The smallest absolute Gasteiger partial charge is 0.234 e. The summed E-state index contributed by atoms with van der Waals surface area (Å²) in [5.74, 6) is 2.69. The molecule has 5 heteroatoms. The summed E-state index contributed by atoms with van der Waals surface area (Å²) in [6, 6.07) is 4.53. The second-order valence-electron chi connectivity index (χ2n) is 7.20. The Morgan fingerprint density at radius 2 is 2.26 bits per heavy atom. The quantitative estimate of drug-likeness (QED) is 0.743. The van der Waals surface area contributed by atoms with Crippen LogP contribution in [0.4, 0.5) is 0 Å². The topological polar surface area (TPSA) is 32.3 Å². The summed E-state index contributed by atoms with van der Waals surface area (Å²) in [6.07, 6.45) is 5.53. The summed E-state index contributed by atoms with van der Waals surface area (Å²) in [4.78, 5) is 15.9. The van der Waals surface area contributed by atoms with Gasteiger partial charge in [-0.2, -0.15) is 0 Å². The third-order valence-electron chi connectivity index (χ3n) is 5.65. The Bertz CT molecular complexity index is 547. The van der Waals surface area contributed by atoms with Gasteiger partial charge < -0.3 is 5.32 Å². The minimum atomic E-state index is 0.178. The Morgan fingerprint density at radius 3 is 2.83 bits per heavy atom. The average Bonchev–Trinajstić information content (AvgIpc) is 3.23. The second kappa shape index (κ2) is 7.66. The van der Waals surface area contributed by atoms with Crippen molar-refractivity contribution in [3.8, 4) is 0 Å². The molecule has 4 unspecified atom stereocenters. The summed E-state index contributed by atoms with van der Waals surface area (Å²) >= 11 is 5.25. The normalized spacial score (nSPS) is 27.6. The lowest BCUT2D eigenvalue weighted by Crippen LogP contribution is -2.44. The van der Waals surface area contributed by atoms with Gasteiger partial charge in [-0.3, -0.25) is 9.69 Å². The molecule has 1 aromatic heterocycles. The van der Waals surface area contributed by atoms with Crippen LogP contribution in [0, 0.1) is 17.8 Å². The Labute approximate surface area is 152 Å². The van der Waals surface area contributed by atoms with E-state index in [9.17, 15) is 4.79 Å². The Hall–Kier alpha value is -0.390. The van der Waals surface area contributed by atoms with Crippen molar-refractivity contribution < 1.29 is 4.79 Å². The van der Waals surface area contributed by atoms with Crippen molar-refractivity contribution in [2.45, 2.75) is 52.1 Å². The van der Waals surface area contributed by atoms with Crippen LogP contribution in [0.3, 0.4) is 0 Å². The summed E-state index contributed by atoms with van der Waals surface area (Å²) in [7, 11) is 0. The zero-order valence-electron chi connectivity index (χ0n) is 14.1. The van der Waals surface area contributed by atoms with Crippen LogP contribution < -0.4 is 5.32 Å². The molecule has 2 saturated carbocycles. The molecular weight excluding hydrogens is 372 g/mol. The zero-order chi connectivity index (χ0) is 16.4. The molecule has 0 aliphatic heterocycles. The molecule has 2 aliphatic rings. The van der Waals surface area contributed by atoms with Crippen LogP contribution in [0.2, 0.25) is 0 Å². The van der Waals surface area contributed by atoms with Crippen molar-refractivity contribution in [2.75, 3.05) is 13.1 Å². The highest BCUT2D eigenvalue weighted by atomic mass is 79.9. The van der Waals surface area contributed by atoms with Crippen LogP contribution in [0.5, 0.6) is 0 Å². The highest BCUT2D eigenvalue weighted by Gasteiger charge is 2.42. The van der Waals surface area contributed by atoms with Crippen LogP contribution in [0.25, 0.3) is 0 Å². The molecule has 3 nitrogen and oxygen atoms in total. The second-order valence-corrected chi connectivity index (χ2v) is 9.75. The van der Waals surface area contributed by atoms with Gasteiger partial charge in [-0.05, 0) is 78.5 Å². The van der Waals surface area contributed by atoms with Gasteiger partial charge in [0.2, 0.25) is 5.91 Å². The van der Waals surface area contributed by atoms with Gasteiger partial charge in [0.1, 0.15) is 0 Å². The SMILES string of the molecule is CCN(CC(=O)NC(C)C1CC2CCC1C2)Cc1ccc(Br)s1. The molecule has 0 spiro atoms. The molecule has 1 amide bonds. The highest BCUT2D eigenvalue weighted by Crippen LogP contribution is 2.49. The van der Waals surface area contributed by atoms with E-state index in [0.29, 0.717) is 18.5 Å². The molecule has 0 saturated heterocycles. The number of carbonyl (C=O) groups is 1. The molecule has 1 heterocycles. The molecule has 1 aromatic rings. The number of nitrogens with one attached hydrogen (secondary N) is 1. The first-order valence-corrected chi connectivity index (χ1v) is 10.4. The number of rotatable bonds is 7. The standard InChI is InChI=1S/C18H27BrN2OS/c1-3-21(10-15-6-7-17(19)23-15)11-18(22)20-12(2)16-9-13-4-5-14(16)8-13/h6-7,12-14,16H,3-5,8-11H2,1-2H3,(H,20,22). The molecular formula is C18H27BrN2OS. The lowest BCUT2D eigenvalue weighted by Gasteiger charge is -2.29. The first-order valence-electron chi connectivity index (χ1n) is 8.81. The Balaban J connectivity index is 1.47. The first-order chi connectivity index (χ1) is 11.0. The lowest BCUT2D eigenvalue weighted by atomic mass is 9.84. The fourth-order valence-electron chi connectivity index (χ4n) is 4.45. The highest BCUT2D eigenvalue weighted by molar-refractivity contribution is 9.11. The van der Waals surface area contributed by atoms with Gasteiger partial charge in [0.25, 0.3) is 0 Å². The predicted molar refractivity (Wildman–Crippen MR) is 99.5 cm³/mol. The number of hydrogen-bond acceptors (Lipinski definition) is 3. The first kappa shape index (κ1) is 17.4. The van der Waals surface area contributed by atoms with E-state index in [1.807, 2.05) is 0 Å². The van der Waals surface area contributed by atoms with Crippen LogP contribution in [0.1, 0.15) is 44.4 Å². The largest absolute Gasteiger partial charge is 0.352 e. The minimum Gasteiger partial charge on any atom is -0.352 e. The van der Waals surface area contributed by atoms with E-state index in [1.54, 1.807) is 11.3 Å². The van der Waals surface area contributed by atoms with Gasteiger partial charge >= 0.3 is 0 Å². The van der Waals surface area contributed by atoms with E-state index < -0.39 is 0 Å². The van der Waals surface area contributed by atoms with Gasteiger partial charge in [-0.25, -0.2) is 0 Å². The molecule has 3 rings (SSSR count). The molecule has 1 N–H and O–H groups in total. The zero-order valence-corrected chi connectivity index (χ0v) is 16.5.